The van der Waals surface area contributed by atoms with Crippen LogP contribution >= 0.6 is 0 Å². The predicted octanol–water partition coefficient (Wildman–Crippen LogP) is 3.05. The Morgan fingerprint density at radius 3 is 2.37 bits per heavy atom. The van der Waals surface area contributed by atoms with Crippen LogP contribution in [0, 0.1) is 0 Å². The Morgan fingerprint density at radius 1 is 1.32 bits per heavy atom. The van der Waals surface area contributed by atoms with E-state index in [4.69, 9.17) is 4.74 Å². The van der Waals surface area contributed by atoms with E-state index in [0.29, 0.717) is 13.1 Å². The number of rotatable bonds is 7. The first-order valence-electron chi connectivity index (χ1n) is 6.77. The monoisotopic (exact) mass is 261 g/mol. The van der Waals surface area contributed by atoms with Gasteiger partial charge in [0.05, 0.1) is 0 Å². The van der Waals surface area contributed by atoms with Crippen molar-refractivity contribution in [3.63, 3.8) is 0 Å². The fraction of sp³-hybridized carbons (Fsp3) is 0.438. The molecule has 1 amide bonds. The molecule has 1 aromatic rings. The van der Waals surface area contributed by atoms with E-state index < -0.39 is 6.10 Å². The summed E-state index contributed by atoms with van der Waals surface area (Å²) in [5.41, 5.74) is 1.19. The number of likely N-dealkylation sites (N-methyl/N-ethyl adjacent to an activating group) is 1. The molecule has 1 atom stereocenters. The molecule has 1 unspecified atom stereocenters. The number of ether oxygens (including phenoxy) is 1. The van der Waals surface area contributed by atoms with E-state index in [0.717, 1.165) is 12.2 Å². The third kappa shape index (κ3) is 4.43. The van der Waals surface area contributed by atoms with Crippen LogP contribution in [0.25, 0.3) is 0 Å². The summed E-state index contributed by atoms with van der Waals surface area (Å²) in [7, 11) is 0. The first kappa shape index (κ1) is 15.3. The Labute approximate surface area is 115 Å². The highest BCUT2D eigenvalue weighted by molar-refractivity contribution is 5.80. The van der Waals surface area contributed by atoms with E-state index >= 15 is 0 Å². The summed E-state index contributed by atoms with van der Waals surface area (Å²) in [6.07, 6.45) is 2.25. The van der Waals surface area contributed by atoms with E-state index in [1.165, 1.54) is 5.56 Å². The van der Waals surface area contributed by atoms with Crippen molar-refractivity contribution in [2.24, 2.45) is 0 Å². The molecular formula is C16H23NO2. The Balaban J connectivity index is 2.63. The zero-order valence-corrected chi connectivity index (χ0v) is 12.1. The Morgan fingerprint density at radius 2 is 1.89 bits per heavy atom. The van der Waals surface area contributed by atoms with Crippen LogP contribution in [-0.4, -0.2) is 30.0 Å². The van der Waals surface area contributed by atoms with Gasteiger partial charge in [0.25, 0.3) is 5.91 Å². The smallest absolute Gasteiger partial charge is 0.263 e. The molecule has 1 aromatic carbocycles. The second-order valence-corrected chi connectivity index (χ2v) is 4.41. The lowest BCUT2D eigenvalue weighted by atomic mass is 10.1. The molecule has 0 fully saturated rings. The van der Waals surface area contributed by atoms with E-state index in [2.05, 4.69) is 6.58 Å². The number of hydrogen-bond acceptors (Lipinski definition) is 2. The molecule has 0 spiro atoms. The van der Waals surface area contributed by atoms with Gasteiger partial charge in [0.2, 0.25) is 0 Å². The SMILES string of the molecule is C=CCc1ccc(OC(C)C(=O)N(CC)CC)cc1. The number of hydrogen-bond donors (Lipinski definition) is 0. The maximum Gasteiger partial charge on any atom is 0.263 e. The molecule has 104 valence electrons. The maximum absolute atomic E-state index is 12.1. The molecule has 0 aliphatic carbocycles. The molecule has 0 saturated heterocycles. The average molecular weight is 261 g/mol. The Hall–Kier alpha value is -1.77. The molecule has 3 heteroatoms. The summed E-state index contributed by atoms with van der Waals surface area (Å²) in [5.74, 6) is 0.751. The first-order valence-corrected chi connectivity index (χ1v) is 6.77. The standard InChI is InChI=1S/C16H23NO2/c1-5-8-14-9-11-15(12-10-14)19-13(4)16(18)17(6-2)7-3/h5,9-13H,1,6-8H2,2-4H3. The van der Waals surface area contributed by atoms with E-state index in [9.17, 15) is 4.79 Å². The number of carbonyl (C=O) groups excluding carboxylic acids is 1. The second kappa shape index (κ2) is 7.62. The summed E-state index contributed by atoms with van der Waals surface area (Å²) in [6, 6.07) is 7.77. The summed E-state index contributed by atoms with van der Waals surface area (Å²) in [5, 5.41) is 0. The summed E-state index contributed by atoms with van der Waals surface area (Å²) in [4.78, 5) is 13.8. The molecule has 0 aliphatic rings. The van der Waals surface area contributed by atoms with Crippen molar-refractivity contribution in [3.05, 3.63) is 42.5 Å². The van der Waals surface area contributed by atoms with Crippen molar-refractivity contribution in [2.45, 2.75) is 33.3 Å². The number of carbonyl (C=O) groups is 1. The van der Waals surface area contributed by atoms with Crippen molar-refractivity contribution < 1.29 is 9.53 Å². The van der Waals surface area contributed by atoms with Crippen LogP contribution in [-0.2, 0) is 11.2 Å². The van der Waals surface area contributed by atoms with Gasteiger partial charge < -0.3 is 9.64 Å². The zero-order chi connectivity index (χ0) is 14.3. The van der Waals surface area contributed by atoms with Gasteiger partial charge >= 0.3 is 0 Å². The predicted molar refractivity (Wildman–Crippen MR) is 78.4 cm³/mol. The van der Waals surface area contributed by atoms with Gasteiger partial charge in [0.1, 0.15) is 5.75 Å². The Bertz CT molecular complexity index is 407. The summed E-state index contributed by atoms with van der Waals surface area (Å²) < 4.78 is 5.68. The number of allylic oxidation sites excluding steroid dienone is 1. The van der Waals surface area contributed by atoms with Crippen molar-refractivity contribution >= 4 is 5.91 Å². The minimum atomic E-state index is -0.454. The fourth-order valence-corrected chi connectivity index (χ4v) is 1.92. The lowest BCUT2D eigenvalue weighted by Crippen LogP contribution is -2.40. The van der Waals surface area contributed by atoms with Crippen LogP contribution in [0.4, 0.5) is 0 Å². The molecule has 3 nitrogen and oxygen atoms in total. The third-order valence-electron chi connectivity index (χ3n) is 3.04. The van der Waals surface area contributed by atoms with Crippen LogP contribution in [0.15, 0.2) is 36.9 Å². The molecule has 0 heterocycles. The van der Waals surface area contributed by atoms with Gasteiger partial charge in [0.15, 0.2) is 6.10 Å². The highest BCUT2D eigenvalue weighted by Gasteiger charge is 2.19. The van der Waals surface area contributed by atoms with Crippen LogP contribution in [0.1, 0.15) is 26.3 Å². The lowest BCUT2D eigenvalue weighted by molar-refractivity contribution is -0.137. The molecule has 0 saturated carbocycles. The molecule has 0 radical (unpaired) electrons. The molecule has 0 aromatic heterocycles. The number of nitrogens with zero attached hydrogens (tertiary/aromatic N) is 1. The first-order chi connectivity index (χ1) is 9.12. The van der Waals surface area contributed by atoms with Gasteiger partial charge in [-0.15, -0.1) is 6.58 Å². The average Bonchev–Trinajstić information content (AvgIpc) is 2.42. The number of amides is 1. The lowest BCUT2D eigenvalue weighted by Gasteiger charge is -2.23. The van der Waals surface area contributed by atoms with E-state index in [1.807, 2.05) is 44.2 Å². The van der Waals surface area contributed by atoms with Gasteiger partial charge in [-0.1, -0.05) is 18.2 Å². The molecular weight excluding hydrogens is 238 g/mol. The number of benzene rings is 1. The highest BCUT2D eigenvalue weighted by Crippen LogP contribution is 2.15. The summed E-state index contributed by atoms with van der Waals surface area (Å²) >= 11 is 0. The molecule has 0 aliphatic heterocycles. The summed E-state index contributed by atoms with van der Waals surface area (Å²) in [6.45, 7) is 10.9. The van der Waals surface area contributed by atoms with Crippen molar-refractivity contribution in [3.8, 4) is 5.75 Å². The van der Waals surface area contributed by atoms with E-state index in [-0.39, 0.29) is 5.91 Å². The third-order valence-corrected chi connectivity index (χ3v) is 3.04. The van der Waals surface area contributed by atoms with Gasteiger partial charge in [0, 0.05) is 13.1 Å². The van der Waals surface area contributed by atoms with Gasteiger partial charge in [-0.25, -0.2) is 0 Å². The van der Waals surface area contributed by atoms with Gasteiger partial charge in [-0.05, 0) is 44.9 Å². The largest absolute Gasteiger partial charge is 0.481 e. The Kier molecular flexibility index (Phi) is 6.13. The normalized spacial score (nSPS) is 11.7. The van der Waals surface area contributed by atoms with Crippen molar-refractivity contribution in [1.82, 2.24) is 4.90 Å². The van der Waals surface area contributed by atoms with Crippen LogP contribution < -0.4 is 4.74 Å². The van der Waals surface area contributed by atoms with Crippen LogP contribution in [0.3, 0.4) is 0 Å². The minimum Gasteiger partial charge on any atom is -0.481 e. The molecule has 0 N–H and O–H groups in total. The second-order valence-electron chi connectivity index (χ2n) is 4.41. The fourth-order valence-electron chi connectivity index (χ4n) is 1.92. The minimum absolute atomic E-state index is 0.0279. The van der Waals surface area contributed by atoms with Gasteiger partial charge in [-0.3, -0.25) is 4.79 Å². The van der Waals surface area contributed by atoms with Gasteiger partial charge in [-0.2, -0.15) is 0 Å². The zero-order valence-electron chi connectivity index (χ0n) is 12.1. The quantitative estimate of drug-likeness (QED) is 0.706. The molecule has 19 heavy (non-hydrogen) atoms. The molecule has 1 rings (SSSR count). The topological polar surface area (TPSA) is 29.5 Å². The van der Waals surface area contributed by atoms with Crippen LogP contribution in [0.2, 0.25) is 0 Å². The highest BCUT2D eigenvalue weighted by atomic mass is 16.5. The van der Waals surface area contributed by atoms with Crippen molar-refractivity contribution in [1.29, 1.82) is 0 Å². The van der Waals surface area contributed by atoms with E-state index in [1.54, 1.807) is 11.8 Å². The molecule has 0 bridgehead atoms. The van der Waals surface area contributed by atoms with Crippen LogP contribution in [0.5, 0.6) is 5.75 Å². The maximum atomic E-state index is 12.1. The van der Waals surface area contributed by atoms with Crippen molar-refractivity contribution in [2.75, 3.05) is 13.1 Å².